The van der Waals surface area contributed by atoms with Crippen molar-refractivity contribution in [3.8, 4) is 0 Å². The molecule has 0 radical (unpaired) electrons. The third-order valence-electron chi connectivity index (χ3n) is 3.93. The number of nitrogens with zero attached hydrogens (tertiary/aromatic N) is 3. The van der Waals surface area contributed by atoms with E-state index in [0.29, 0.717) is 0 Å². The van der Waals surface area contributed by atoms with Gasteiger partial charge in [0, 0.05) is 23.7 Å². The molecular weight excluding hydrogens is 250 g/mol. The molecule has 2 aromatic heterocycles. The molecule has 0 bridgehead atoms. The second-order valence-corrected chi connectivity index (χ2v) is 5.25. The summed E-state index contributed by atoms with van der Waals surface area (Å²) < 4.78 is 7.94. The van der Waals surface area contributed by atoms with Crippen LogP contribution in [0, 0.1) is 0 Å². The number of fused-ring (bicyclic) bond motifs is 3. The second kappa shape index (κ2) is 5.29. The van der Waals surface area contributed by atoms with Crippen LogP contribution in [0.4, 0.5) is 0 Å². The maximum Gasteiger partial charge on any atom is 0.136 e. The molecule has 2 heterocycles. The predicted molar refractivity (Wildman–Crippen MR) is 82.1 cm³/mol. The predicted octanol–water partition coefficient (Wildman–Crippen LogP) is 3.30. The molecule has 0 aliphatic carbocycles. The first-order chi connectivity index (χ1) is 9.72. The normalized spacial score (nSPS) is 12.0. The Morgan fingerprint density at radius 2 is 2.15 bits per heavy atom. The molecule has 4 nitrogen and oxygen atoms in total. The molecule has 0 aliphatic rings. The van der Waals surface area contributed by atoms with Crippen molar-refractivity contribution in [2.24, 2.45) is 0 Å². The molecule has 0 spiro atoms. The van der Waals surface area contributed by atoms with E-state index in [9.17, 15) is 0 Å². The van der Waals surface area contributed by atoms with Gasteiger partial charge in [-0.2, -0.15) is 5.10 Å². The number of aromatic nitrogens is 2. The molecular formula is C16H21N3O. The highest BCUT2D eigenvalue weighted by molar-refractivity contribution is 6.03. The van der Waals surface area contributed by atoms with Crippen LogP contribution in [-0.2, 0) is 13.0 Å². The standard InChI is InChI=1S/C16H21N3O/c1-4-13-10-14-15(20-13)7-6-12-11-17-19(16(12)14)9-8-18(3)5-2/h6-7,10-11H,4-5,8-9H2,1-3H3. The summed E-state index contributed by atoms with van der Waals surface area (Å²) in [6.07, 6.45) is 2.86. The number of rotatable bonds is 5. The van der Waals surface area contributed by atoms with Crippen LogP contribution in [0.25, 0.3) is 21.9 Å². The van der Waals surface area contributed by atoms with E-state index in [-0.39, 0.29) is 0 Å². The first kappa shape index (κ1) is 13.2. The summed E-state index contributed by atoms with van der Waals surface area (Å²) in [5.74, 6) is 1.03. The summed E-state index contributed by atoms with van der Waals surface area (Å²) >= 11 is 0. The van der Waals surface area contributed by atoms with Gasteiger partial charge < -0.3 is 9.32 Å². The molecule has 3 rings (SSSR count). The van der Waals surface area contributed by atoms with Gasteiger partial charge in [0.15, 0.2) is 0 Å². The molecule has 0 aliphatic heterocycles. The minimum Gasteiger partial charge on any atom is -0.461 e. The van der Waals surface area contributed by atoms with Crippen molar-refractivity contribution in [3.63, 3.8) is 0 Å². The SMILES string of the molecule is CCc1cc2c(ccc3cnn(CCN(C)CC)c32)o1. The van der Waals surface area contributed by atoms with Crippen LogP contribution in [0.3, 0.4) is 0 Å². The van der Waals surface area contributed by atoms with Crippen molar-refractivity contribution in [1.82, 2.24) is 14.7 Å². The summed E-state index contributed by atoms with van der Waals surface area (Å²) in [5.41, 5.74) is 2.15. The zero-order chi connectivity index (χ0) is 14.1. The molecule has 0 saturated heterocycles. The van der Waals surface area contributed by atoms with Crippen molar-refractivity contribution >= 4 is 21.9 Å². The lowest BCUT2D eigenvalue weighted by Crippen LogP contribution is -2.23. The Balaban J connectivity index is 2.06. The zero-order valence-electron chi connectivity index (χ0n) is 12.4. The summed E-state index contributed by atoms with van der Waals surface area (Å²) in [5, 5.41) is 6.89. The van der Waals surface area contributed by atoms with Crippen LogP contribution in [0.5, 0.6) is 0 Å². The fourth-order valence-electron chi connectivity index (χ4n) is 2.52. The first-order valence-electron chi connectivity index (χ1n) is 7.28. The Hall–Kier alpha value is -1.81. The quantitative estimate of drug-likeness (QED) is 0.714. The molecule has 0 saturated carbocycles. The fraction of sp³-hybridized carbons (Fsp3) is 0.438. The highest BCUT2D eigenvalue weighted by atomic mass is 16.3. The highest BCUT2D eigenvalue weighted by Gasteiger charge is 2.11. The van der Waals surface area contributed by atoms with Crippen LogP contribution in [0.15, 0.2) is 28.8 Å². The van der Waals surface area contributed by atoms with Gasteiger partial charge in [-0.25, -0.2) is 0 Å². The maximum atomic E-state index is 5.84. The Labute approximate surface area is 119 Å². The number of benzene rings is 1. The van der Waals surface area contributed by atoms with Crippen molar-refractivity contribution < 1.29 is 4.42 Å². The molecule has 3 aromatic rings. The number of likely N-dealkylation sites (N-methyl/N-ethyl adjacent to an activating group) is 1. The largest absolute Gasteiger partial charge is 0.461 e. The smallest absolute Gasteiger partial charge is 0.136 e. The Bertz CT molecular complexity index is 726. The Morgan fingerprint density at radius 1 is 1.30 bits per heavy atom. The first-order valence-corrected chi connectivity index (χ1v) is 7.28. The topological polar surface area (TPSA) is 34.2 Å². The number of hydrogen-bond acceptors (Lipinski definition) is 3. The number of furan rings is 1. The van der Waals surface area contributed by atoms with Gasteiger partial charge >= 0.3 is 0 Å². The van der Waals surface area contributed by atoms with E-state index in [4.69, 9.17) is 4.42 Å². The van der Waals surface area contributed by atoms with Gasteiger partial charge in [-0.3, -0.25) is 4.68 Å². The second-order valence-electron chi connectivity index (χ2n) is 5.25. The number of hydrogen-bond donors (Lipinski definition) is 0. The molecule has 0 amide bonds. The monoisotopic (exact) mass is 271 g/mol. The average Bonchev–Trinajstić information content (AvgIpc) is 3.07. The minimum absolute atomic E-state index is 0.902. The van der Waals surface area contributed by atoms with Crippen molar-refractivity contribution in [3.05, 3.63) is 30.2 Å². The van der Waals surface area contributed by atoms with Crippen molar-refractivity contribution in [2.75, 3.05) is 20.1 Å². The van der Waals surface area contributed by atoms with Gasteiger partial charge in [0.1, 0.15) is 11.3 Å². The lowest BCUT2D eigenvalue weighted by molar-refractivity contribution is 0.330. The lowest BCUT2D eigenvalue weighted by Gasteiger charge is -2.13. The molecule has 20 heavy (non-hydrogen) atoms. The van der Waals surface area contributed by atoms with E-state index in [1.807, 2.05) is 12.3 Å². The minimum atomic E-state index is 0.902. The summed E-state index contributed by atoms with van der Waals surface area (Å²) in [7, 11) is 2.13. The number of aryl methyl sites for hydroxylation is 1. The fourth-order valence-corrected chi connectivity index (χ4v) is 2.52. The molecule has 4 heteroatoms. The molecule has 0 atom stereocenters. The van der Waals surface area contributed by atoms with E-state index >= 15 is 0 Å². The lowest BCUT2D eigenvalue weighted by atomic mass is 10.2. The van der Waals surface area contributed by atoms with Gasteiger partial charge in [0.25, 0.3) is 0 Å². The Kier molecular flexibility index (Phi) is 3.49. The van der Waals surface area contributed by atoms with E-state index in [1.165, 1.54) is 16.3 Å². The summed E-state index contributed by atoms with van der Waals surface area (Å²) in [4.78, 5) is 2.29. The molecule has 0 N–H and O–H groups in total. The molecule has 1 aromatic carbocycles. The van der Waals surface area contributed by atoms with Gasteiger partial charge in [0.2, 0.25) is 0 Å². The molecule has 106 valence electrons. The van der Waals surface area contributed by atoms with Gasteiger partial charge in [0.05, 0.1) is 18.3 Å². The van der Waals surface area contributed by atoms with Crippen LogP contribution < -0.4 is 0 Å². The maximum absolute atomic E-state index is 5.84. The van der Waals surface area contributed by atoms with Gasteiger partial charge in [-0.15, -0.1) is 0 Å². The van der Waals surface area contributed by atoms with E-state index in [1.54, 1.807) is 0 Å². The third-order valence-corrected chi connectivity index (χ3v) is 3.93. The van der Waals surface area contributed by atoms with E-state index in [0.717, 1.165) is 37.4 Å². The zero-order valence-corrected chi connectivity index (χ0v) is 12.4. The van der Waals surface area contributed by atoms with E-state index in [2.05, 4.69) is 47.7 Å². The highest BCUT2D eigenvalue weighted by Crippen LogP contribution is 2.28. The van der Waals surface area contributed by atoms with Crippen LogP contribution in [0.1, 0.15) is 19.6 Å². The van der Waals surface area contributed by atoms with Gasteiger partial charge in [-0.05, 0) is 31.8 Å². The molecule has 0 fully saturated rings. The summed E-state index contributed by atoms with van der Waals surface area (Å²) in [6.45, 7) is 7.24. The van der Waals surface area contributed by atoms with Crippen LogP contribution >= 0.6 is 0 Å². The van der Waals surface area contributed by atoms with Crippen LogP contribution in [0.2, 0.25) is 0 Å². The Morgan fingerprint density at radius 3 is 2.90 bits per heavy atom. The van der Waals surface area contributed by atoms with Crippen molar-refractivity contribution in [1.29, 1.82) is 0 Å². The third kappa shape index (κ3) is 2.20. The average molecular weight is 271 g/mol. The summed E-state index contributed by atoms with van der Waals surface area (Å²) in [6, 6.07) is 6.29. The van der Waals surface area contributed by atoms with E-state index < -0.39 is 0 Å². The van der Waals surface area contributed by atoms with Crippen molar-refractivity contribution in [2.45, 2.75) is 26.8 Å². The van der Waals surface area contributed by atoms with Crippen LogP contribution in [-0.4, -0.2) is 34.8 Å². The molecule has 0 unspecified atom stereocenters. The van der Waals surface area contributed by atoms with Gasteiger partial charge in [-0.1, -0.05) is 13.8 Å².